The van der Waals surface area contributed by atoms with Crippen LogP contribution in [0.15, 0.2) is 42.5 Å². The standard InChI is InChI=1S/C19H16N2O3/c22-17(14-7-3-5-11-4-1-2-6-13(11)14)20-9-12(10-20)21-18(23)15-8-16(15)19(21)24/h1-7,12,15-16H,8-10H2. The molecule has 0 N–H and O–H groups in total. The summed E-state index contributed by atoms with van der Waals surface area (Å²) in [7, 11) is 0. The Labute approximate surface area is 138 Å². The molecular weight excluding hydrogens is 304 g/mol. The van der Waals surface area contributed by atoms with Gasteiger partial charge in [-0.05, 0) is 23.3 Å². The number of benzene rings is 2. The van der Waals surface area contributed by atoms with Crippen molar-refractivity contribution in [3.8, 4) is 0 Å². The van der Waals surface area contributed by atoms with Crippen LogP contribution in [0.4, 0.5) is 0 Å². The van der Waals surface area contributed by atoms with Crippen molar-refractivity contribution >= 4 is 28.5 Å². The molecule has 1 aliphatic carbocycles. The van der Waals surface area contributed by atoms with Gasteiger partial charge in [0.2, 0.25) is 11.8 Å². The van der Waals surface area contributed by atoms with Crippen LogP contribution in [-0.2, 0) is 9.59 Å². The van der Waals surface area contributed by atoms with E-state index in [0.717, 1.165) is 17.2 Å². The van der Waals surface area contributed by atoms with E-state index >= 15 is 0 Å². The first-order valence-electron chi connectivity index (χ1n) is 8.29. The van der Waals surface area contributed by atoms with Crippen LogP contribution in [-0.4, -0.2) is 46.7 Å². The van der Waals surface area contributed by atoms with E-state index in [1.807, 2.05) is 42.5 Å². The van der Waals surface area contributed by atoms with Gasteiger partial charge >= 0.3 is 0 Å². The first-order valence-corrected chi connectivity index (χ1v) is 8.29. The highest BCUT2D eigenvalue weighted by atomic mass is 16.2. The monoisotopic (exact) mass is 320 g/mol. The molecule has 2 atom stereocenters. The molecule has 0 radical (unpaired) electrons. The summed E-state index contributed by atoms with van der Waals surface area (Å²) in [5.74, 6) is -0.243. The van der Waals surface area contributed by atoms with Gasteiger partial charge in [0.05, 0.1) is 17.9 Å². The number of hydrogen-bond acceptors (Lipinski definition) is 3. The number of nitrogens with zero attached hydrogens (tertiary/aromatic N) is 2. The van der Waals surface area contributed by atoms with E-state index in [-0.39, 0.29) is 35.6 Å². The van der Waals surface area contributed by atoms with Gasteiger partial charge in [-0.2, -0.15) is 0 Å². The Balaban J connectivity index is 1.35. The Morgan fingerprint density at radius 2 is 1.58 bits per heavy atom. The summed E-state index contributed by atoms with van der Waals surface area (Å²) in [5, 5.41) is 1.97. The van der Waals surface area contributed by atoms with Crippen molar-refractivity contribution in [2.75, 3.05) is 13.1 Å². The molecule has 3 amide bonds. The quantitative estimate of drug-likeness (QED) is 0.791. The smallest absolute Gasteiger partial charge is 0.254 e. The molecule has 24 heavy (non-hydrogen) atoms. The lowest BCUT2D eigenvalue weighted by molar-refractivity contribution is -0.147. The zero-order valence-electron chi connectivity index (χ0n) is 13.0. The fraction of sp³-hybridized carbons (Fsp3) is 0.316. The highest BCUT2D eigenvalue weighted by Gasteiger charge is 2.61. The van der Waals surface area contributed by atoms with Crippen LogP contribution in [0.2, 0.25) is 0 Å². The summed E-state index contributed by atoms with van der Waals surface area (Å²) in [6, 6.07) is 13.4. The molecule has 5 rings (SSSR count). The highest BCUT2D eigenvalue weighted by Crippen LogP contribution is 2.48. The Morgan fingerprint density at radius 3 is 2.33 bits per heavy atom. The van der Waals surface area contributed by atoms with Crippen molar-refractivity contribution in [3.63, 3.8) is 0 Å². The van der Waals surface area contributed by atoms with Gasteiger partial charge in [0.25, 0.3) is 5.91 Å². The van der Waals surface area contributed by atoms with E-state index in [9.17, 15) is 14.4 Å². The summed E-state index contributed by atoms with van der Waals surface area (Å²) in [6.07, 6.45) is 0.722. The molecule has 0 aromatic heterocycles. The lowest BCUT2D eigenvalue weighted by Gasteiger charge is -2.43. The first-order chi connectivity index (χ1) is 11.6. The third kappa shape index (κ3) is 1.78. The number of imide groups is 1. The van der Waals surface area contributed by atoms with Crippen molar-refractivity contribution in [1.82, 2.24) is 9.80 Å². The van der Waals surface area contributed by atoms with E-state index in [1.54, 1.807) is 4.90 Å². The predicted molar refractivity (Wildman–Crippen MR) is 87.1 cm³/mol. The second-order valence-corrected chi connectivity index (χ2v) is 6.89. The molecule has 1 saturated carbocycles. The summed E-state index contributed by atoms with van der Waals surface area (Å²) in [5.41, 5.74) is 0.675. The Morgan fingerprint density at radius 1 is 0.917 bits per heavy atom. The minimum atomic E-state index is -0.142. The average molecular weight is 320 g/mol. The molecule has 2 unspecified atom stereocenters. The summed E-state index contributed by atoms with van der Waals surface area (Å²) in [4.78, 5) is 40.1. The molecule has 5 heteroatoms. The molecule has 120 valence electrons. The zero-order chi connectivity index (χ0) is 16.4. The van der Waals surface area contributed by atoms with Crippen molar-refractivity contribution in [2.24, 2.45) is 11.8 Å². The zero-order valence-corrected chi connectivity index (χ0v) is 13.0. The third-order valence-electron chi connectivity index (χ3n) is 5.43. The Kier molecular flexibility index (Phi) is 2.66. The van der Waals surface area contributed by atoms with Crippen LogP contribution in [0.3, 0.4) is 0 Å². The largest absolute Gasteiger partial charge is 0.334 e. The summed E-state index contributed by atoms with van der Waals surface area (Å²) < 4.78 is 0. The summed E-state index contributed by atoms with van der Waals surface area (Å²) >= 11 is 0. The van der Waals surface area contributed by atoms with E-state index in [4.69, 9.17) is 0 Å². The second kappa shape index (κ2) is 4.66. The number of likely N-dealkylation sites (tertiary alicyclic amines) is 2. The van der Waals surface area contributed by atoms with Gasteiger partial charge in [-0.1, -0.05) is 36.4 Å². The van der Waals surface area contributed by atoms with Crippen molar-refractivity contribution in [3.05, 3.63) is 48.0 Å². The highest BCUT2D eigenvalue weighted by molar-refractivity contribution is 6.10. The lowest BCUT2D eigenvalue weighted by atomic mass is 10.0. The molecule has 3 fully saturated rings. The van der Waals surface area contributed by atoms with Gasteiger partial charge in [-0.3, -0.25) is 19.3 Å². The summed E-state index contributed by atoms with van der Waals surface area (Å²) in [6.45, 7) is 0.887. The Bertz CT molecular complexity index is 875. The topological polar surface area (TPSA) is 57.7 Å². The number of fused-ring (bicyclic) bond motifs is 2. The van der Waals surface area contributed by atoms with Crippen molar-refractivity contribution < 1.29 is 14.4 Å². The van der Waals surface area contributed by atoms with Gasteiger partial charge in [0, 0.05) is 18.7 Å². The normalized spacial score (nSPS) is 25.8. The van der Waals surface area contributed by atoms with Crippen LogP contribution in [0.25, 0.3) is 10.8 Å². The molecule has 2 heterocycles. The maximum absolute atomic E-state index is 12.8. The average Bonchev–Trinajstić information content (AvgIpc) is 3.32. The molecule has 2 aromatic carbocycles. The predicted octanol–water partition coefficient (Wildman–Crippen LogP) is 1.67. The number of amides is 3. The van der Waals surface area contributed by atoms with Gasteiger partial charge in [0.15, 0.2) is 0 Å². The third-order valence-corrected chi connectivity index (χ3v) is 5.43. The molecular formula is C19H16N2O3. The molecule has 2 aromatic rings. The SMILES string of the molecule is O=C(c1cccc2ccccc12)N1CC(N2C(=O)C3CC3C2=O)C1. The molecule has 3 aliphatic rings. The lowest BCUT2D eigenvalue weighted by Crippen LogP contribution is -2.62. The van der Waals surface area contributed by atoms with Crippen molar-refractivity contribution in [2.45, 2.75) is 12.5 Å². The van der Waals surface area contributed by atoms with E-state index in [1.165, 1.54) is 4.90 Å². The molecule has 2 aliphatic heterocycles. The van der Waals surface area contributed by atoms with Crippen LogP contribution in [0.1, 0.15) is 16.8 Å². The Hall–Kier alpha value is -2.69. The van der Waals surface area contributed by atoms with Gasteiger partial charge in [0.1, 0.15) is 0 Å². The molecule has 0 spiro atoms. The van der Waals surface area contributed by atoms with Crippen LogP contribution in [0.5, 0.6) is 0 Å². The number of carbonyl (C=O) groups is 3. The maximum Gasteiger partial charge on any atom is 0.254 e. The fourth-order valence-corrected chi connectivity index (χ4v) is 3.93. The number of piperidine rings is 1. The number of hydrogen-bond donors (Lipinski definition) is 0. The van der Waals surface area contributed by atoms with Gasteiger partial charge < -0.3 is 4.90 Å². The van der Waals surface area contributed by atoms with Crippen LogP contribution < -0.4 is 0 Å². The minimum absolute atomic E-state index is 0.0349. The van der Waals surface area contributed by atoms with Crippen LogP contribution >= 0.6 is 0 Å². The second-order valence-electron chi connectivity index (χ2n) is 6.89. The number of carbonyl (C=O) groups excluding carboxylic acids is 3. The fourth-order valence-electron chi connectivity index (χ4n) is 3.93. The van der Waals surface area contributed by atoms with Gasteiger partial charge in [-0.15, -0.1) is 0 Å². The van der Waals surface area contributed by atoms with E-state index in [0.29, 0.717) is 18.7 Å². The minimum Gasteiger partial charge on any atom is -0.334 e. The van der Waals surface area contributed by atoms with E-state index in [2.05, 4.69) is 0 Å². The maximum atomic E-state index is 12.8. The van der Waals surface area contributed by atoms with E-state index < -0.39 is 0 Å². The molecule has 0 bridgehead atoms. The van der Waals surface area contributed by atoms with Crippen molar-refractivity contribution in [1.29, 1.82) is 0 Å². The molecule has 2 saturated heterocycles. The first kappa shape index (κ1) is 13.7. The van der Waals surface area contributed by atoms with Crippen LogP contribution in [0, 0.1) is 11.8 Å². The van der Waals surface area contributed by atoms with Gasteiger partial charge in [-0.25, -0.2) is 0 Å². The molecule has 5 nitrogen and oxygen atoms in total. The number of rotatable bonds is 2.